The highest BCUT2D eigenvalue weighted by molar-refractivity contribution is 7.45. The van der Waals surface area contributed by atoms with Crippen LogP contribution in [0.25, 0.3) is 0 Å². The van der Waals surface area contributed by atoms with Gasteiger partial charge >= 0.3 is 0 Å². The molecule has 8 nitrogen and oxygen atoms in total. The number of nitrogens with one attached hydrogen (secondary N) is 1. The van der Waals surface area contributed by atoms with Gasteiger partial charge in [-0.2, -0.15) is 0 Å². The zero-order valence-corrected chi connectivity index (χ0v) is 35.5. The van der Waals surface area contributed by atoms with Gasteiger partial charge in [-0.1, -0.05) is 194 Å². The van der Waals surface area contributed by atoms with Crippen molar-refractivity contribution in [3.63, 3.8) is 0 Å². The molecule has 0 heterocycles. The monoisotopic (exact) mass is 747 g/mol. The molecule has 0 aliphatic rings. The molecule has 3 unspecified atom stereocenters. The Bertz CT molecular complexity index is 809. The number of unbranched alkanes of at least 4 members (excludes halogenated alkanes) is 27. The molecule has 306 valence electrons. The van der Waals surface area contributed by atoms with Gasteiger partial charge in [0, 0.05) is 6.42 Å². The Labute approximate surface area is 317 Å². The maximum Gasteiger partial charge on any atom is 0.268 e. The molecule has 0 aromatic rings. The topological polar surface area (TPSA) is 108 Å². The number of hydrogen-bond donors (Lipinski definition) is 2. The van der Waals surface area contributed by atoms with E-state index < -0.39 is 20.0 Å². The summed E-state index contributed by atoms with van der Waals surface area (Å²) in [5, 5.41) is 13.9. The number of carbonyl (C=O) groups excluding carboxylic acids is 1. The zero-order chi connectivity index (χ0) is 37.9. The number of nitrogens with zero attached hydrogens (tertiary/aromatic N) is 1. The van der Waals surface area contributed by atoms with Crippen LogP contribution in [-0.4, -0.2) is 68.5 Å². The molecule has 0 spiro atoms. The van der Waals surface area contributed by atoms with Crippen LogP contribution in [0.15, 0.2) is 0 Å². The third-order valence-corrected chi connectivity index (χ3v) is 11.1. The second-order valence-electron chi connectivity index (χ2n) is 16.4. The molecular weight excluding hydrogens is 659 g/mol. The summed E-state index contributed by atoms with van der Waals surface area (Å²) in [5.74, 6) is -0.163. The van der Waals surface area contributed by atoms with Crippen LogP contribution in [0.3, 0.4) is 0 Å². The first kappa shape index (κ1) is 50.5. The number of phosphoric ester groups is 1. The number of hydrogen-bond acceptors (Lipinski definition) is 6. The maximum atomic E-state index is 12.8. The zero-order valence-electron chi connectivity index (χ0n) is 34.6. The Morgan fingerprint density at radius 1 is 0.608 bits per heavy atom. The molecule has 0 aromatic carbocycles. The van der Waals surface area contributed by atoms with Gasteiger partial charge in [-0.05, 0) is 12.8 Å². The first-order chi connectivity index (χ1) is 24.5. The molecule has 0 aromatic heterocycles. The van der Waals surface area contributed by atoms with E-state index in [1.807, 2.05) is 21.1 Å². The van der Waals surface area contributed by atoms with E-state index in [4.69, 9.17) is 9.05 Å². The highest BCUT2D eigenvalue weighted by Gasteiger charge is 2.24. The predicted molar refractivity (Wildman–Crippen MR) is 215 cm³/mol. The SMILES string of the molecule is CCCCCCCCCCCCCCCCCCCC(O)C(COP(=O)([O-])OCC[N+](C)(C)C)NC(=O)CCCCCCCCCCCCCC. The molecule has 0 aliphatic heterocycles. The molecular formula is C42H87N2O6P. The van der Waals surface area contributed by atoms with E-state index in [-0.39, 0.29) is 19.1 Å². The van der Waals surface area contributed by atoms with Gasteiger partial charge in [-0.15, -0.1) is 0 Å². The van der Waals surface area contributed by atoms with E-state index in [1.165, 1.54) is 148 Å². The van der Waals surface area contributed by atoms with Gasteiger partial charge in [0.25, 0.3) is 7.82 Å². The third kappa shape index (κ3) is 37.6. The molecule has 0 aliphatic carbocycles. The van der Waals surface area contributed by atoms with E-state index in [9.17, 15) is 19.4 Å². The lowest BCUT2D eigenvalue weighted by Gasteiger charge is -2.30. The van der Waals surface area contributed by atoms with Crippen molar-refractivity contribution in [3.8, 4) is 0 Å². The average molecular weight is 747 g/mol. The van der Waals surface area contributed by atoms with Crippen molar-refractivity contribution in [2.45, 2.75) is 225 Å². The van der Waals surface area contributed by atoms with E-state index in [1.54, 1.807) is 0 Å². The molecule has 3 atom stereocenters. The minimum absolute atomic E-state index is 0.0159. The van der Waals surface area contributed by atoms with Crippen molar-refractivity contribution in [1.29, 1.82) is 0 Å². The largest absolute Gasteiger partial charge is 0.756 e. The Kier molecular flexibility index (Phi) is 34.9. The summed E-state index contributed by atoms with van der Waals surface area (Å²) in [4.78, 5) is 25.3. The number of amides is 1. The highest BCUT2D eigenvalue weighted by Crippen LogP contribution is 2.38. The standard InChI is InChI=1S/C42H87N2O6P/c1-6-8-10-12-14-16-18-20-21-22-23-24-25-27-29-31-33-35-41(45)40(39-50-51(47,48)49-38-37-44(3,4)5)43-42(46)36-34-32-30-28-26-19-17-15-13-11-9-7-2/h40-41,45H,6-39H2,1-5H3,(H-,43,46,47,48). The van der Waals surface area contributed by atoms with Crippen LogP contribution in [0.4, 0.5) is 0 Å². The molecule has 2 N–H and O–H groups in total. The van der Waals surface area contributed by atoms with Crippen molar-refractivity contribution < 1.29 is 32.9 Å². The van der Waals surface area contributed by atoms with E-state index >= 15 is 0 Å². The Balaban J connectivity index is 4.33. The smallest absolute Gasteiger partial charge is 0.268 e. The van der Waals surface area contributed by atoms with Crippen LogP contribution < -0.4 is 10.2 Å². The summed E-state index contributed by atoms with van der Waals surface area (Å²) in [6.45, 7) is 4.73. The van der Waals surface area contributed by atoms with Gasteiger partial charge in [0.15, 0.2) is 0 Å². The molecule has 51 heavy (non-hydrogen) atoms. The molecule has 0 radical (unpaired) electrons. The van der Waals surface area contributed by atoms with Crippen molar-refractivity contribution in [1.82, 2.24) is 5.32 Å². The second kappa shape index (κ2) is 35.2. The molecule has 0 fully saturated rings. The van der Waals surface area contributed by atoms with Crippen LogP contribution in [0, 0.1) is 0 Å². The van der Waals surface area contributed by atoms with Gasteiger partial charge in [-0.3, -0.25) is 9.36 Å². The van der Waals surface area contributed by atoms with Crippen LogP contribution in [-0.2, 0) is 18.4 Å². The summed E-state index contributed by atoms with van der Waals surface area (Å²) in [7, 11) is 1.32. The number of likely N-dealkylation sites (N-methyl/N-ethyl adjacent to an activating group) is 1. The van der Waals surface area contributed by atoms with Crippen LogP contribution in [0.2, 0.25) is 0 Å². The lowest BCUT2D eigenvalue weighted by molar-refractivity contribution is -0.870. The summed E-state index contributed by atoms with van der Waals surface area (Å²) < 4.78 is 23.2. The molecule has 0 bridgehead atoms. The van der Waals surface area contributed by atoms with Crippen LogP contribution >= 0.6 is 7.82 Å². The molecule has 0 saturated heterocycles. The minimum atomic E-state index is -4.55. The number of phosphoric acid groups is 1. The third-order valence-electron chi connectivity index (χ3n) is 10.1. The maximum absolute atomic E-state index is 12.8. The van der Waals surface area contributed by atoms with E-state index in [0.29, 0.717) is 23.9 Å². The predicted octanol–water partition coefficient (Wildman–Crippen LogP) is 11.2. The van der Waals surface area contributed by atoms with E-state index in [0.717, 1.165) is 38.5 Å². The minimum Gasteiger partial charge on any atom is -0.756 e. The number of aliphatic hydroxyl groups is 1. The number of rotatable bonds is 40. The van der Waals surface area contributed by atoms with Gasteiger partial charge in [0.05, 0.1) is 39.9 Å². The molecule has 1 amide bonds. The fourth-order valence-electron chi connectivity index (χ4n) is 6.57. The quantitative estimate of drug-likeness (QED) is 0.0367. The number of aliphatic hydroxyl groups excluding tert-OH is 1. The summed E-state index contributed by atoms with van der Waals surface area (Å²) in [6.07, 6.45) is 36.7. The lowest BCUT2D eigenvalue weighted by Crippen LogP contribution is -2.46. The normalized spacial score (nSPS) is 14.4. The fraction of sp³-hybridized carbons (Fsp3) is 0.976. The Hall–Kier alpha value is -0.500. The molecule has 0 saturated carbocycles. The Morgan fingerprint density at radius 2 is 0.961 bits per heavy atom. The first-order valence-corrected chi connectivity index (χ1v) is 23.3. The lowest BCUT2D eigenvalue weighted by atomic mass is 10.0. The van der Waals surface area contributed by atoms with Gasteiger partial charge in [0.2, 0.25) is 5.91 Å². The van der Waals surface area contributed by atoms with Crippen molar-refractivity contribution in [2.24, 2.45) is 0 Å². The van der Waals surface area contributed by atoms with Crippen LogP contribution in [0.5, 0.6) is 0 Å². The first-order valence-electron chi connectivity index (χ1n) is 21.9. The van der Waals surface area contributed by atoms with E-state index in [2.05, 4.69) is 19.2 Å². The second-order valence-corrected chi connectivity index (χ2v) is 17.8. The average Bonchev–Trinajstić information content (AvgIpc) is 3.07. The van der Waals surface area contributed by atoms with Crippen molar-refractivity contribution in [3.05, 3.63) is 0 Å². The number of carbonyl (C=O) groups is 1. The fourth-order valence-corrected chi connectivity index (χ4v) is 7.29. The van der Waals surface area contributed by atoms with Gasteiger partial charge in [-0.25, -0.2) is 0 Å². The van der Waals surface area contributed by atoms with Crippen molar-refractivity contribution in [2.75, 3.05) is 40.9 Å². The summed E-state index contributed by atoms with van der Waals surface area (Å²) in [6, 6.07) is -0.792. The summed E-state index contributed by atoms with van der Waals surface area (Å²) >= 11 is 0. The van der Waals surface area contributed by atoms with Gasteiger partial charge in [0.1, 0.15) is 13.2 Å². The molecule has 9 heteroatoms. The van der Waals surface area contributed by atoms with Crippen LogP contribution in [0.1, 0.15) is 213 Å². The number of quaternary nitrogens is 1. The van der Waals surface area contributed by atoms with Gasteiger partial charge < -0.3 is 28.8 Å². The molecule has 0 rings (SSSR count). The Morgan fingerprint density at radius 3 is 1.33 bits per heavy atom. The summed E-state index contributed by atoms with van der Waals surface area (Å²) in [5.41, 5.74) is 0. The highest BCUT2D eigenvalue weighted by atomic mass is 31.2. The van der Waals surface area contributed by atoms with Crippen molar-refractivity contribution >= 4 is 13.7 Å².